The maximum absolute atomic E-state index is 13.8. The molecule has 128 valence electrons. The number of thiophene rings is 1. The predicted molar refractivity (Wildman–Crippen MR) is 89.7 cm³/mol. The number of nitrogens with one attached hydrogen (secondary N) is 2. The highest BCUT2D eigenvalue weighted by Crippen LogP contribution is 2.23. The van der Waals surface area contributed by atoms with Crippen LogP contribution in [0.1, 0.15) is 32.1 Å². The van der Waals surface area contributed by atoms with E-state index in [2.05, 4.69) is 15.2 Å². The molecule has 2 aromatic rings. The SMILES string of the molecule is NC(=O)c1c[nH]c(C(=O)NC[C@@H]2C[C@H](F)CN2Cc2cccs2)c1. The minimum atomic E-state index is -0.876. The first kappa shape index (κ1) is 16.7. The second-order valence-corrected chi connectivity index (χ2v) is 6.90. The molecule has 0 saturated carbocycles. The van der Waals surface area contributed by atoms with Gasteiger partial charge in [-0.2, -0.15) is 0 Å². The summed E-state index contributed by atoms with van der Waals surface area (Å²) in [5.41, 5.74) is 5.68. The number of aromatic nitrogens is 1. The van der Waals surface area contributed by atoms with E-state index in [1.54, 1.807) is 11.3 Å². The van der Waals surface area contributed by atoms with Crippen molar-refractivity contribution in [2.24, 2.45) is 5.73 Å². The van der Waals surface area contributed by atoms with Crippen LogP contribution < -0.4 is 11.1 Å². The molecule has 0 spiro atoms. The maximum Gasteiger partial charge on any atom is 0.267 e. The van der Waals surface area contributed by atoms with Gasteiger partial charge in [0.25, 0.3) is 5.91 Å². The topological polar surface area (TPSA) is 91.2 Å². The average Bonchev–Trinajstić information content (AvgIpc) is 3.26. The lowest BCUT2D eigenvalue weighted by Crippen LogP contribution is -2.39. The Kier molecular flexibility index (Phi) is 4.96. The van der Waals surface area contributed by atoms with E-state index in [-0.39, 0.29) is 23.2 Å². The van der Waals surface area contributed by atoms with Crippen molar-refractivity contribution in [3.63, 3.8) is 0 Å². The summed E-state index contributed by atoms with van der Waals surface area (Å²) >= 11 is 1.64. The number of carbonyl (C=O) groups is 2. The van der Waals surface area contributed by atoms with Crippen LogP contribution in [-0.2, 0) is 6.54 Å². The first-order chi connectivity index (χ1) is 11.5. The summed E-state index contributed by atoms with van der Waals surface area (Å²) in [6, 6.07) is 5.36. The number of primary amides is 1. The molecule has 1 aliphatic heterocycles. The molecule has 4 N–H and O–H groups in total. The Bertz CT molecular complexity index is 715. The van der Waals surface area contributed by atoms with Crippen molar-refractivity contribution in [2.45, 2.75) is 25.2 Å². The summed E-state index contributed by atoms with van der Waals surface area (Å²) in [4.78, 5) is 29.1. The van der Waals surface area contributed by atoms with E-state index in [4.69, 9.17) is 5.73 Å². The van der Waals surface area contributed by atoms with E-state index in [0.29, 0.717) is 26.1 Å². The quantitative estimate of drug-likeness (QED) is 0.738. The number of rotatable bonds is 6. The maximum atomic E-state index is 13.8. The first-order valence-corrected chi connectivity index (χ1v) is 8.58. The third-order valence-corrected chi connectivity index (χ3v) is 4.99. The number of alkyl halides is 1. The van der Waals surface area contributed by atoms with Crippen LogP contribution in [0.3, 0.4) is 0 Å². The summed E-state index contributed by atoms with van der Waals surface area (Å²) in [6.07, 6.45) is 0.926. The molecule has 2 aromatic heterocycles. The Morgan fingerprint density at radius 2 is 2.33 bits per heavy atom. The van der Waals surface area contributed by atoms with Crippen LogP contribution >= 0.6 is 11.3 Å². The van der Waals surface area contributed by atoms with E-state index in [1.807, 2.05) is 17.5 Å². The normalized spacial score (nSPS) is 21.0. The van der Waals surface area contributed by atoms with Gasteiger partial charge in [-0.3, -0.25) is 14.5 Å². The zero-order chi connectivity index (χ0) is 17.1. The highest BCUT2D eigenvalue weighted by atomic mass is 32.1. The lowest BCUT2D eigenvalue weighted by Gasteiger charge is -2.23. The summed E-state index contributed by atoms with van der Waals surface area (Å²) in [5.74, 6) is -0.927. The van der Waals surface area contributed by atoms with E-state index in [0.717, 1.165) is 0 Å². The third kappa shape index (κ3) is 3.82. The van der Waals surface area contributed by atoms with Gasteiger partial charge in [0.15, 0.2) is 0 Å². The van der Waals surface area contributed by atoms with Gasteiger partial charge in [0.2, 0.25) is 5.91 Å². The van der Waals surface area contributed by atoms with Gasteiger partial charge in [0, 0.05) is 36.8 Å². The minimum absolute atomic E-state index is 0.0448. The van der Waals surface area contributed by atoms with Gasteiger partial charge in [-0.1, -0.05) is 6.07 Å². The molecular weight excluding hydrogens is 331 g/mol. The standard InChI is InChI=1S/C16H19FN4O2S/c17-11-5-12(21(8-11)9-13-2-1-3-24-13)7-20-16(23)14-4-10(6-19-14)15(18)22/h1-4,6,11-12,19H,5,7-9H2,(H2,18,22)(H,20,23)/t11-,12-/m0/s1. The fourth-order valence-corrected chi connectivity index (χ4v) is 3.63. The number of likely N-dealkylation sites (tertiary alicyclic amines) is 1. The second-order valence-electron chi connectivity index (χ2n) is 5.87. The molecule has 0 aromatic carbocycles. The molecular formula is C16H19FN4O2S. The van der Waals surface area contributed by atoms with Crippen molar-refractivity contribution >= 4 is 23.2 Å². The van der Waals surface area contributed by atoms with Crippen molar-refractivity contribution in [3.05, 3.63) is 45.9 Å². The summed E-state index contributed by atoms with van der Waals surface area (Å²) in [6.45, 7) is 1.43. The van der Waals surface area contributed by atoms with Crippen LogP contribution in [0.4, 0.5) is 4.39 Å². The van der Waals surface area contributed by atoms with Crippen molar-refractivity contribution in [1.82, 2.24) is 15.2 Å². The molecule has 8 heteroatoms. The molecule has 1 saturated heterocycles. The largest absolute Gasteiger partial charge is 0.366 e. The lowest BCUT2D eigenvalue weighted by atomic mass is 10.2. The molecule has 3 heterocycles. The number of carbonyl (C=O) groups excluding carboxylic acids is 2. The Labute approximate surface area is 142 Å². The van der Waals surface area contributed by atoms with Crippen molar-refractivity contribution < 1.29 is 14.0 Å². The van der Waals surface area contributed by atoms with Crippen molar-refractivity contribution in [1.29, 1.82) is 0 Å². The molecule has 0 aliphatic carbocycles. The molecule has 0 radical (unpaired) electrons. The molecule has 0 bridgehead atoms. The summed E-state index contributed by atoms with van der Waals surface area (Å²) in [5, 5.41) is 4.79. The van der Waals surface area contributed by atoms with Gasteiger partial charge in [-0.25, -0.2) is 4.39 Å². The van der Waals surface area contributed by atoms with Crippen LogP contribution in [0.25, 0.3) is 0 Å². The minimum Gasteiger partial charge on any atom is -0.366 e. The lowest BCUT2D eigenvalue weighted by molar-refractivity contribution is 0.0935. The van der Waals surface area contributed by atoms with Crippen LogP contribution in [0, 0.1) is 0 Å². The Hall–Kier alpha value is -2.19. The van der Waals surface area contributed by atoms with E-state index in [1.165, 1.54) is 17.1 Å². The molecule has 6 nitrogen and oxygen atoms in total. The highest BCUT2D eigenvalue weighted by molar-refractivity contribution is 7.09. The number of amides is 2. The van der Waals surface area contributed by atoms with Gasteiger partial charge in [0.05, 0.1) is 5.56 Å². The number of H-pyrrole nitrogens is 1. The Balaban J connectivity index is 1.57. The number of hydrogen-bond acceptors (Lipinski definition) is 4. The number of aromatic amines is 1. The monoisotopic (exact) mass is 350 g/mol. The van der Waals surface area contributed by atoms with Gasteiger partial charge in [-0.05, 0) is 23.9 Å². The molecule has 0 unspecified atom stereocenters. The third-order valence-electron chi connectivity index (χ3n) is 4.13. The second kappa shape index (κ2) is 7.14. The predicted octanol–water partition coefficient (Wildman–Crippen LogP) is 1.52. The average molecular weight is 350 g/mol. The van der Waals surface area contributed by atoms with Gasteiger partial charge in [0.1, 0.15) is 11.9 Å². The van der Waals surface area contributed by atoms with Gasteiger partial charge >= 0.3 is 0 Å². The Morgan fingerprint density at radius 3 is 3.00 bits per heavy atom. The fraction of sp³-hybridized carbons (Fsp3) is 0.375. The number of halogens is 1. The zero-order valence-electron chi connectivity index (χ0n) is 13.0. The smallest absolute Gasteiger partial charge is 0.267 e. The van der Waals surface area contributed by atoms with E-state index >= 15 is 0 Å². The summed E-state index contributed by atoms with van der Waals surface area (Å²) < 4.78 is 13.8. The zero-order valence-corrected chi connectivity index (χ0v) is 13.8. The number of nitrogens with two attached hydrogens (primary N) is 1. The number of nitrogens with zero attached hydrogens (tertiary/aromatic N) is 1. The summed E-state index contributed by atoms with van der Waals surface area (Å²) in [7, 11) is 0. The number of hydrogen-bond donors (Lipinski definition) is 3. The Morgan fingerprint density at radius 1 is 1.50 bits per heavy atom. The molecule has 1 fully saturated rings. The molecule has 3 rings (SSSR count). The van der Waals surface area contributed by atoms with Crippen molar-refractivity contribution in [2.75, 3.05) is 13.1 Å². The van der Waals surface area contributed by atoms with Crippen LogP contribution in [0.15, 0.2) is 29.8 Å². The molecule has 2 atom stereocenters. The van der Waals surface area contributed by atoms with E-state index in [9.17, 15) is 14.0 Å². The molecule has 1 aliphatic rings. The molecule has 2 amide bonds. The van der Waals surface area contributed by atoms with Gasteiger partial charge in [-0.15, -0.1) is 11.3 Å². The highest BCUT2D eigenvalue weighted by Gasteiger charge is 2.32. The van der Waals surface area contributed by atoms with Crippen LogP contribution in [-0.4, -0.2) is 47.0 Å². The van der Waals surface area contributed by atoms with Crippen LogP contribution in [0.5, 0.6) is 0 Å². The van der Waals surface area contributed by atoms with Crippen molar-refractivity contribution in [3.8, 4) is 0 Å². The first-order valence-electron chi connectivity index (χ1n) is 7.70. The van der Waals surface area contributed by atoms with Gasteiger partial charge < -0.3 is 16.0 Å². The van der Waals surface area contributed by atoms with E-state index < -0.39 is 12.1 Å². The molecule has 24 heavy (non-hydrogen) atoms. The fourth-order valence-electron chi connectivity index (χ4n) is 2.90. The van der Waals surface area contributed by atoms with Crippen LogP contribution in [0.2, 0.25) is 0 Å².